The van der Waals surface area contributed by atoms with E-state index in [1.54, 1.807) is 91.3 Å². The first-order chi connectivity index (χ1) is 52.1. The van der Waals surface area contributed by atoms with Crippen LogP contribution in [0, 0.1) is 33.5 Å². The minimum absolute atomic E-state index is 0. The molecule has 2 aromatic carbocycles. The fraction of sp³-hybridized carbons (Fsp3) is 0.288. The third kappa shape index (κ3) is 43.5. The molecule has 7 aromatic heterocycles. The van der Waals surface area contributed by atoms with E-state index in [4.69, 9.17) is 77.9 Å². The molecule has 0 fully saturated rings. The predicted molar refractivity (Wildman–Crippen MR) is 470 cm³/mol. The molecule has 46 heteroatoms. The molecule has 3 aliphatic heterocycles. The van der Waals surface area contributed by atoms with Crippen LogP contribution in [-0.4, -0.2) is 128 Å². The van der Waals surface area contributed by atoms with Crippen LogP contribution >= 0.6 is 259 Å². The summed E-state index contributed by atoms with van der Waals surface area (Å²) in [4.78, 5) is 107. The number of hydrogen-bond donors (Lipinski definition) is 0. The molecule has 0 atom stereocenters. The van der Waals surface area contributed by atoms with Crippen LogP contribution in [-0.2, 0) is 136 Å². The van der Waals surface area contributed by atoms with Gasteiger partial charge < -0.3 is 24.4 Å². The average Bonchev–Trinajstić information content (AvgIpc) is 1.67. The zero-order valence-corrected chi connectivity index (χ0v) is 86.7. The first kappa shape index (κ1) is 118. The van der Waals surface area contributed by atoms with Crippen LogP contribution in [0.2, 0.25) is 0 Å². The number of thiophene rings is 7. The first-order valence-electron chi connectivity index (χ1n) is 30.2. The van der Waals surface area contributed by atoms with Crippen molar-refractivity contribution in [3.05, 3.63) is 188 Å². The molecule has 0 amide bonds. The van der Waals surface area contributed by atoms with Crippen molar-refractivity contribution in [3.8, 4) is 15.2 Å². The summed E-state index contributed by atoms with van der Waals surface area (Å²) in [5, 5.41) is 4.39. The Labute approximate surface area is 801 Å². The van der Waals surface area contributed by atoms with Crippen LogP contribution < -0.4 is 33.1 Å². The number of rotatable bonds is 14. The Morgan fingerprint density at radius 1 is 0.491 bits per heavy atom. The molecule has 112 heavy (non-hydrogen) atoms. The quantitative estimate of drug-likeness (QED) is 0.0554. The number of hydrogen-bond acceptors (Lipinski definition) is 30. The molecule has 0 saturated carbocycles. The summed E-state index contributed by atoms with van der Waals surface area (Å²) in [5.41, 5.74) is 6.28. The number of ether oxygens (including phenoxy) is 4. The fourth-order valence-corrected chi connectivity index (χ4v) is 28.4. The SMILES string of the molecule is CCOCCl.Cc1sc(CCl)c(CCl)c1Br.Cc1sc2c(c1Br)CSC2.Cc1sc2c(c1Br)CSC2.Cc1sccc1Br.O=C=O.O=C=O.O=C=O.O=C=O.O=COc1sc2c(c1Br)CSC2.O=COc1sc2c(c1F)CCC2.O=COc1sccc1Br.O=S(=O)(CS(=O)(=O)c1ccccc1)c1ccccc1.S.[Li+].[Na][Na].[OH-]. The number of carbonyl (C=O) groups is 3. The van der Waals surface area contributed by atoms with Crippen molar-refractivity contribution < 1.29 is 117 Å². The molecule has 0 radical (unpaired) electrons. The number of sulfone groups is 2. The zero-order chi connectivity index (χ0) is 82.7. The number of alkyl halides is 3. The molecule has 9 aromatic rings. The molecule has 4 aliphatic rings. The van der Waals surface area contributed by atoms with Gasteiger partial charge in [0.15, 0.2) is 40.7 Å². The topological polar surface area (TPSA) is 323 Å². The molecular formula is C66H63Br6Cl3FLiNa2O20S13. The van der Waals surface area contributed by atoms with E-state index >= 15 is 0 Å². The molecule has 0 bridgehead atoms. The molecule has 0 spiro atoms. The number of aryl methyl sites for hydroxylation is 5. The van der Waals surface area contributed by atoms with Crippen molar-refractivity contribution in [3.63, 3.8) is 0 Å². The second-order valence-electron chi connectivity index (χ2n) is 19.4. The third-order valence-electron chi connectivity index (χ3n) is 12.7. The molecule has 1 N–H and O–H groups in total. The summed E-state index contributed by atoms with van der Waals surface area (Å²) in [6, 6.07) is 19.3. The number of fused-ring (bicyclic) bond motifs is 4. The van der Waals surface area contributed by atoms with Gasteiger partial charge in [0, 0.05) is 114 Å². The maximum absolute atomic E-state index is 13.2. The second-order valence-corrected chi connectivity index (χ2v) is 40.4. The Morgan fingerprint density at radius 2 is 0.875 bits per heavy atom. The third-order valence-corrected chi connectivity index (χ3v) is 36.0. The van der Waals surface area contributed by atoms with Crippen molar-refractivity contribution >= 4 is 366 Å². The largest absolute Gasteiger partial charge is 0.870 e. The summed E-state index contributed by atoms with van der Waals surface area (Å²) in [5.74, 6) is 7.70. The molecule has 598 valence electrons. The van der Waals surface area contributed by atoms with Crippen molar-refractivity contribution in [1.82, 2.24) is 0 Å². The van der Waals surface area contributed by atoms with Crippen molar-refractivity contribution in [2.75, 3.05) is 17.8 Å². The molecular weight excluding hydrogens is 2190 g/mol. The van der Waals surface area contributed by atoms with Crippen LogP contribution in [0.15, 0.2) is 120 Å². The number of thioether (sulfide) groups is 3. The predicted octanol–water partition coefficient (Wildman–Crippen LogP) is 18.0. The summed E-state index contributed by atoms with van der Waals surface area (Å²) >= 11 is 57.5. The number of benzene rings is 2. The average molecular weight is 2250 g/mol. The summed E-state index contributed by atoms with van der Waals surface area (Å²) in [7, 11) is -7.71. The van der Waals surface area contributed by atoms with E-state index in [0.29, 0.717) is 47.5 Å². The Morgan fingerprint density at radius 3 is 1.19 bits per heavy atom. The summed E-state index contributed by atoms with van der Waals surface area (Å²) < 4.78 is 86.7. The van der Waals surface area contributed by atoms with Gasteiger partial charge >= 0.3 is 87.1 Å². The van der Waals surface area contributed by atoms with Gasteiger partial charge in [0.2, 0.25) is 5.06 Å². The van der Waals surface area contributed by atoms with Gasteiger partial charge in [-0.3, -0.25) is 14.4 Å². The van der Waals surface area contributed by atoms with E-state index in [9.17, 15) is 35.6 Å². The fourth-order valence-electron chi connectivity index (χ4n) is 8.13. The molecule has 0 unspecified atom stereocenters. The van der Waals surface area contributed by atoms with Crippen molar-refractivity contribution in [1.29, 1.82) is 0 Å². The van der Waals surface area contributed by atoms with E-state index in [0.717, 1.165) is 60.2 Å². The van der Waals surface area contributed by atoms with Crippen LogP contribution in [0.25, 0.3) is 0 Å². The molecule has 20 nitrogen and oxygen atoms in total. The van der Waals surface area contributed by atoms with Gasteiger partial charge in [0.25, 0.3) is 19.4 Å². The molecule has 1 aliphatic carbocycles. The Balaban J connectivity index is -0.000000580. The van der Waals surface area contributed by atoms with E-state index in [-0.39, 0.29) is 89.6 Å². The first-order valence-corrected chi connectivity index (χ1v) is 57.2. The number of carbonyl (C=O) groups excluding carboxylic acids is 11. The number of halogens is 10. The standard InChI is InChI=1S/C13H12O4S2.C8H7FO2S.C7H7BrCl2S.C7H5BrO2S2.2C7H7BrS2.C5H3BrO2S.C5H5BrS.C3H7ClO.4CO2.Li.2Na.H2O.H2S/c14-18(15,12-7-3-1-4-8-12)11-19(16,17)13-9-5-2-6-10-13;9-7-5-2-1-3-6(5)12-8(7)11-4-10;1-4-7(8)5(2-9)6(3-10)11-4;8-6-4-1-11-2-5(4)12-7(6)10-3-9;2*1-4-7(8)5-2-9-3-6(5)10-4;6-4-1-2-9-5(4)8-3-7;1-4-5(6)2-3-7-4;1-2-5-3-4;4*2-1-3;;;;;/h1-10H,11H2;4H,1-3H2;2-3H2,1H3;3H,1-2H2;2*2-3H2,1H3;1-3H;2-3H,1H3;2-3H2,1H3;;;;;;;;2*1H2/q;;;;;;;;;;;;;+1;;;;/p-1. The van der Waals surface area contributed by atoms with E-state index in [1.807, 2.05) is 76.3 Å². The van der Waals surface area contributed by atoms with Gasteiger partial charge in [-0.2, -0.15) is 87.1 Å². The van der Waals surface area contributed by atoms with Crippen LogP contribution in [0.3, 0.4) is 0 Å². The molecule has 13 rings (SSSR count). The van der Waals surface area contributed by atoms with Crippen LogP contribution in [0.1, 0.15) is 85.1 Å². The minimum Gasteiger partial charge on any atom is -0.870 e. The van der Waals surface area contributed by atoms with Gasteiger partial charge in [-0.05, 0) is 219 Å². The second kappa shape index (κ2) is 69.3. The maximum Gasteiger partial charge on any atom is -0.870 e. The van der Waals surface area contributed by atoms with Gasteiger partial charge in [-0.15, -0.1) is 103 Å². The van der Waals surface area contributed by atoms with Gasteiger partial charge in [0.05, 0.1) is 24.6 Å². The Bertz CT molecular complexity index is 4340. The van der Waals surface area contributed by atoms with Crippen LogP contribution in [0.4, 0.5) is 4.39 Å². The molecule has 10 heterocycles. The van der Waals surface area contributed by atoms with Crippen molar-refractivity contribution in [2.24, 2.45) is 0 Å². The van der Waals surface area contributed by atoms with E-state index in [2.05, 4.69) is 149 Å². The Hall–Kier alpha value is -0.233. The van der Waals surface area contributed by atoms with Gasteiger partial charge in [-0.25, -0.2) is 21.2 Å². The van der Waals surface area contributed by atoms with Gasteiger partial charge in [0.1, 0.15) is 6.07 Å². The maximum atomic E-state index is 13.2. The smallest absolute Gasteiger partial charge is 0.870 e. The molecule has 0 saturated heterocycles. The minimum atomic E-state index is -3.85. The monoisotopic (exact) mass is 2240 g/mol. The van der Waals surface area contributed by atoms with E-state index in [1.165, 1.54) is 162 Å². The normalized spacial score (nSPS) is 11.1. The van der Waals surface area contributed by atoms with Crippen LogP contribution in [0.5, 0.6) is 15.2 Å². The summed E-state index contributed by atoms with van der Waals surface area (Å²) in [6.45, 7) is 12.3. The van der Waals surface area contributed by atoms with Crippen molar-refractivity contribution in [2.45, 2.75) is 110 Å². The Kier molecular flexibility index (Phi) is 73.1. The van der Waals surface area contributed by atoms with E-state index < -0.39 is 24.8 Å². The van der Waals surface area contributed by atoms with Gasteiger partial charge in [-0.1, -0.05) is 48.0 Å². The summed E-state index contributed by atoms with van der Waals surface area (Å²) in [6.07, 6.45) is 3.71. The zero-order valence-electron chi connectivity index (χ0n) is 60.1.